The van der Waals surface area contributed by atoms with E-state index in [0.717, 1.165) is 6.42 Å². The van der Waals surface area contributed by atoms with Crippen molar-refractivity contribution in [2.24, 2.45) is 5.92 Å². The fourth-order valence-corrected chi connectivity index (χ4v) is 3.94. The summed E-state index contributed by atoms with van der Waals surface area (Å²) in [5.74, 6) is 0.770. The first-order valence-corrected chi connectivity index (χ1v) is 8.01. The van der Waals surface area contributed by atoms with Crippen LogP contribution in [0, 0.1) is 12.8 Å². The minimum atomic E-state index is -0.226. The van der Waals surface area contributed by atoms with Crippen LogP contribution in [0.25, 0.3) is 0 Å². The molecule has 1 saturated carbocycles. The highest BCUT2D eigenvalue weighted by atomic mass is 32.1. The first-order valence-electron chi connectivity index (χ1n) is 7.19. The molecular formula is C15H21NO3S. The van der Waals surface area contributed by atoms with E-state index >= 15 is 0 Å². The van der Waals surface area contributed by atoms with Crippen molar-refractivity contribution in [3.63, 3.8) is 0 Å². The molecule has 1 aliphatic heterocycles. The monoisotopic (exact) mass is 295 g/mol. The smallest absolute Gasteiger partial charge is 0.226 e. The number of aliphatic hydroxyl groups excluding tert-OH is 1. The third-order valence-corrected chi connectivity index (χ3v) is 5.36. The van der Waals surface area contributed by atoms with E-state index in [0.29, 0.717) is 19.1 Å². The van der Waals surface area contributed by atoms with E-state index in [1.807, 2.05) is 11.8 Å². The molecule has 4 nitrogen and oxygen atoms in total. The minimum Gasteiger partial charge on any atom is -0.394 e. The average Bonchev–Trinajstić information content (AvgIpc) is 3.14. The summed E-state index contributed by atoms with van der Waals surface area (Å²) in [7, 11) is 0. The molecule has 110 valence electrons. The summed E-state index contributed by atoms with van der Waals surface area (Å²) in [5.41, 5.74) is 0. The number of ether oxygens (including phenoxy) is 1. The van der Waals surface area contributed by atoms with Crippen LogP contribution in [-0.4, -0.2) is 47.8 Å². The number of carbonyl (C=O) groups is 1. The Morgan fingerprint density at radius 1 is 1.55 bits per heavy atom. The van der Waals surface area contributed by atoms with Gasteiger partial charge in [0.05, 0.1) is 25.4 Å². The SMILES string of the molecule is Cc1ccc(C2CC2C(=O)N2CC(CO)OCC2C)s1. The van der Waals surface area contributed by atoms with Gasteiger partial charge in [0.25, 0.3) is 0 Å². The normalized spacial score (nSPS) is 33.2. The van der Waals surface area contributed by atoms with Crippen molar-refractivity contribution in [2.75, 3.05) is 19.8 Å². The van der Waals surface area contributed by atoms with Gasteiger partial charge >= 0.3 is 0 Å². The summed E-state index contributed by atoms with van der Waals surface area (Å²) in [6.07, 6.45) is 0.739. The van der Waals surface area contributed by atoms with Gasteiger partial charge in [-0.15, -0.1) is 11.3 Å². The molecule has 1 aliphatic carbocycles. The molecule has 0 aromatic carbocycles. The number of amides is 1. The quantitative estimate of drug-likeness (QED) is 0.924. The second-order valence-electron chi connectivity index (χ2n) is 5.87. The van der Waals surface area contributed by atoms with Crippen LogP contribution in [0.15, 0.2) is 12.1 Å². The molecule has 5 heteroatoms. The largest absolute Gasteiger partial charge is 0.394 e. The fraction of sp³-hybridized carbons (Fsp3) is 0.667. The van der Waals surface area contributed by atoms with E-state index < -0.39 is 0 Å². The van der Waals surface area contributed by atoms with Gasteiger partial charge in [-0.05, 0) is 32.4 Å². The van der Waals surface area contributed by atoms with E-state index in [1.54, 1.807) is 11.3 Å². The number of rotatable bonds is 3. The molecule has 3 rings (SSSR count). The summed E-state index contributed by atoms with van der Waals surface area (Å²) in [4.78, 5) is 17.2. The highest BCUT2D eigenvalue weighted by Gasteiger charge is 2.48. The molecule has 1 aromatic heterocycles. The Bertz CT molecular complexity index is 501. The van der Waals surface area contributed by atoms with Gasteiger partial charge in [-0.1, -0.05) is 0 Å². The van der Waals surface area contributed by atoms with E-state index in [-0.39, 0.29) is 30.6 Å². The van der Waals surface area contributed by atoms with Gasteiger partial charge in [0.1, 0.15) is 0 Å². The molecule has 0 bridgehead atoms. The van der Waals surface area contributed by atoms with Crippen molar-refractivity contribution in [1.82, 2.24) is 4.90 Å². The first kappa shape index (κ1) is 14.0. The van der Waals surface area contributed by atoms with E-state index in [9.17, 15) is 9.90 Å². The summed E-state index contributed by atoms with van der Waals surface area (Å²) >= 11 is 1.80. The van der Waals surface area contributed by atoms with Crippen LogP contribution in [-0.2, 0) is 9.53 Å². The van der Waals surface area contributed by atoms with Crippen molar-refractivity contribution in [3.8, 4) is 0 Å². The number of carbonyl (C=O) groups excluding carboxylic acids is 1. The number of aliphatic hydroxyl groups is 1. The van der Waals surface area contributed by atoms with Gasteiger partial charge < -0.3 is 14.7 Å². The molecule has 2 fully saturated rings. The summed E-state index contributed by atoms with van der Waals surface area (Å²) in [5, 5.41) is 9.20. The van der Waals surface area contributed by atoms with E-state index in [2.05, 4.69) is 19.1 Å². The lowest BCUT2D eigenvalue weighted by Crippen LogP contribution is -2.52. The average molecular weight is 295 g/mol. The topological polar surface area (TPSA) is 49.8 Å². The molecule has 4 unspecified atom stereocenters. The molecular weight excluding hydrogens is 274 g/mol. The van der Waals surface area contributed by atoms with Gasteiger partial charge in [-0.2, -0.15) is 0 Å². The molecule has 1 aromatic rings. The van der Waals surface area contributed by atoms with Crippen molar-refractivity contribution in [1.29, 1.82) is 0 Å². The number of hydrogen-bond donors (Lipinski definition) is 1. The van der Waals surface area contributed by atoms with E-state index in [4.69, 9.17) is 4.74 Å². The minimum absolute atomic E-state index is 0.0191. The molecule has 2 heterocycles. The van der Waals surface area contributed by atoms with E-state index in [1.165, 1.54) is 9.75 Å². The molecule has 1 saturated heterocycles. The Morgan fingerprint density at radius 3 is 3.00 bits per heavy atom. The van der Waals surface area contributed by atoms with Crippen molar-refractivity contribution in [3.05, 3.63) is 21.9 Å². The summed E-state index contributed by atoms with van der Waals surface area (Å²) in [6.45, 7) is 5.13. The van der Waals surface area contributed by atoms with Gasteiger partial charge in [0, 0.05) is 28.1 Å². The van der Waals surface area contributed by atoms with Crippen LogP contribution in [0.3, 0.4) is 0 Å². The summed E-state index contributed by atoms with van der Waals surface area (Å²) < 4.78 is 5.49. The van der Waals surface area contributed by atoms with Gasteiger partial charge in [-0.25, -0.2) is 0 Å². The maximum Gasteiger partial charge on any atom is 0.226 e. The first-order chi connectivity index (χ1) is 9.60. The van der Waals surface area contributed by atoms with Crippen LogP contribution < -0.4 is 0 Å². The molecule has 1 amide bonds. The van der Waals surface area contributed by atoms with Crippen LogP contribution in [0.1, 0.15) is 29.0 Å². The highest BCUT2D eigenvalue weighted by Crippen LogP contribution is 2.50. The molecule has 0 spiro atoms. The Hall–Kier alpha value is -0.910. The number of nitrogens with zero attached hydrogens (tertiary/aromatic N) is 1. The van der Waals surface area contributed by atoms with Crippen LogP contribution in [0.4, 0.5) is 0 Å². The van der Waals surface area contributed by atoms with Crippen LogP contribution >= 0.6 is 11.3 Å². The van der Waals surface area contributed by atoms with Gasteiger partial charge in [-0.3, -0.25) is 4.79 Å². The molecule has 1 N–H and O–H groups in total. The predicted molar refractivity (Wildman–Crippen MR) is 77.9 cm³/mol. The van der Waals surface area contributed by atoms with Crippen LogP contribution in [0.2, 0.25) is 0 Å². The lowest BCUT2D eigenvalue weighted by atomic mass is 10.1. The molecule has 0 radical (unpaired) electrons. The Morgan fingerprint density at radius 2 is 2.35 bits per heavy atom. The van der Waals surface area contributed by atoms with Gasteiger partial charge in [0.2, 0.25) is 5.91 Å². The molecule has 20 heavy (non-hydrogen) atoms. The highest BCUT2D eigenvalue weighted by molar-refractivity contribution is 7.12. The predicted octanol–water partition coefficient (Wildman–Crippen LogP) is 1.77. The Labute approximate surface area is 123 Å². The van der Waals surface area contributed by atoms with Crippen molar-refractivity contribution < 1.29 is 14.6 Å². The summed E-state index contributed by atoms with van der Waals surface area (Å²) in [6, 6.07) is 4.38. The number of morpholine rings is 1. The third-order valence-electron chi connectivity index (χ3n) is 4.23. The van der Waals surface area contributed by atoms with Gasteiger partial charge in [0.15, 0.2) is 0 Å². The number of hydrogen-bond acceptors (Lipinski definition) is 4. The third kappa shape index (κ3) is 2.62. The zero-order valence-electron chi connectivity index (χ0n) is 11.9. The van der Waals surface area contributed by atoms with Crippen molar-refractivity contribution in [2.45, 2.75) is 38.3 Å². The standard InChI is InChI=1S/C15H21NO3S/c1-9-8-19-11(7-17)6-16(9)15(18)13-5-12(13)14-4-3-10(2)20-14/h3-4,9,11-13,17H,5-8H2,1-2H3. The second kappa shape index (κ2) is 5.47. The Balaban J connectivity index is 1.64. The number of thiophene rings is 1. The number of aryl methyl sites for hydroxylation is 1. The lowest BCUT2D eigenvalue weighted by molar-refractivity contribution is -0.147. The fourth-order valence-electron chi connectivity index (χ4n) is 2.88. The van der Waals surface area contributed by atoms with Crippen molar-refractivity contribution >= 4 is 17.2 Å². The zero-order valence-corrected chi connectivity index (χ0v) is 12.7. The lowest BCUT2D eigenvalue weighted by Gasteiger charge is -2.37. The molecule has 2 aliphatic rings. The Kier molecular flexibility index (Phi) is 3.84. The molecule has 4 atom stereocenters. The maximum absolute atomic E-state index is 12.6. The maximum atomic E-state index is 12.6. The van der Waals surface area contributed by atoms with Crippen LogP contribution in [0.5, 0.6) is 0 Å². The second-order valence-corrected chi connectivity index (χ2v) is 7.19. The zero-order chi connectivity index (χ0) is 14.3.